The van der Waals surface area contributed by atoms with E-state index in [0.717, 1.165) is 11.1 Å². The van der Waals surface area contributed by atoms with Gasteiger partial charge in [-0.15, -0.1) is 0 Å². The van der Waals surface area contributed by atoms with Crippen molar-refractivity contribution >= 4 is 15.2 Å². The van der Waals surface area contributed by atoms with Gasteiger partial charge in [-0.2, -0.15) is 0 Å². The molecule has 1 spiro atoms. The van der Waals surface area contributed by atoms with Crippen LogP contribution in [0.15, 0.2) is 66.8 Å². The van der Waals surface area contributed by atoms with Gasteiger partial charge in [-0.25, -0.2) is 0 Å². The average molecular weight is 452 g/mol. The molecule has 1 aromatic rings. The molecule has 2 heterocycles. The summed E-state index contributed by atoms with van der Waals surface area (Å²) in [6, 6.07) is 9.82. The maximum Gasteiger partial charge on any atom is 0.331 e. The summed E-state index contributed by atoms with van der Waals surface area (Å²) in [5.41, 5.74) is 1.38. The molecule has 3 rings (SSSR count). The Kier molecular flexibility index (Phi) is 8.09. The van der Waals surface area contributed by atoms with Crippen LogP contribution < -0.4 is 0 Å². The highest BCUT2D eigenvalue weighted by atomic mass is 31.2. The molecular weight excluding hydrogens is 422 g/mol. The first-order chi connectivity index (χ1) is 14.4. The van der Waals surface area contributed by atoms with Crippen molar-refractivity contribution in [3.63, 3.8) is 0 Å². The first-order valence-electron chi connectivity index (χ1n) is 10.1. The molecule has 164 valence electrons. The second-order valence-corrected chi connectivity index (χ2v) is 12.2. The minimum atomic E-state index is -3.18. The summed E-state index contributed by atoms with van der Waals surface area (Å²) in [5, 5.41) is 0. The Morgan fingerprint density at radius 3 is 2.10 bits per heavy atom. The molecule has 1 aromatic carbocycles. The first kappa shape index (κ1) is 23.4. The van der Waals surface area contributed by atoms with E-state index in [2.05, 4.69) is 6.58 Å². The van der Waals surface area contributed by atoms with Gasteiger partial charge in [0.15, 0.2) is 0 Å². The standard InChI is InChI=1S/C22H30O6P2/c1-3-4-6-9-20(2)12-14-29(23)25-16-22(17-26-29)18-27-30(24,28-19-22)15-13-21-10-7-5-8-11-21/h3-11H,2,12-19H2,1H3/b4-3-,9-6-. The van der Waals surface area contributed by atoms with Crippen molar-refractivity contribution in [3.05, 3.63) is 72.4 Å². The van der Waals surface area contributed by atoms with Gasteiger partial charge in [0.05, 0.1) is 44.2 Å². The van der Waals surface area contributed by atoms with Gasteiger partial charge in [0, 0.05) is 0 Å². The summed E-state index contributed by atoms with van der Waals surface area (Å²) >= 11 is 0. The van der Waals surface area contributed by atoms with Crippen LogP contribution in [0.4, 0.5) is 0 Å². The second-order valence-electron chi connectivity index (χ2n) is 7.79. The molecule has 2 fully saturated rings. The molecule has 0 radical (unpaired) electrons. The lowest BCUT2D eigenvalue weighted by Gasteiger charge is -2.43. The fourth-order valence-electron chi connectivity index (χ4n) is 3.10. The van der Waals surface area contributed by atoms with Gasteiger partial charge in [-0.05, 0) is 25.3 Å². The van der Waals surface area contributed by atoms with Crippen LogP contribution in [0.25, 0.3) is 0 Å². The van der Waals surface area contributed by atoms with Crippen LogP contribution in [0.2, 0.25) is 0 Å². The van der Waals surface area contributed by atoms with Crippen LogP contribution >= 0.6 is 15.2 Å². The van der Waals surface area contributed by atoms with Crippen molar-refractivity contribution in [2.75, 3.05) is 38.8 Å². The Bertz CT molecular complexity index is 851. The Labute approximate surface area is 179 Å². The Balaban J connectivity index is 1.45. The van der Waals surface area contributed by atoms with Gasteiger partial charge in [0.2, 0.25) is 0 Å². The first-order valence-corrected chi connectivity index (χ1v) is 13.6. The highest BCUT2D eigenvalue weighted by molar-refractivity contribution is 7.54. The third-order valence-electron chi connectivity index (χ3n) is 5.13. The van der Waals surface area contributed by atoms with Crippen molar-refractivity contribution in [2.24, 2.45) is 5.41 Å². The van der Waals surface area contributed by atoms with Gasteiger partial charge in [-0.1, -0.05) is 66.8 Å². The highest BCUT2D eigenvalue weighted by Gasteiger charge is 2.48. The van der Waals surface area contributed by atoms with Gasteiger partial charge in [0.25, 0.3) is 0 Å². The predicted octanol–water partition coefficient (Wildman–Crippen LogP) is 5.77. The summed E-state index contributed by atoms with van der Waals surface area (Å²) in [5.74, 6) is 0. The smallest absolute Gasteiger partial charge is 0.308 e. The Morgan fingerprint density at radius 2 is 1.53 bits per heavy atom. The number of benzene rings is 1. The van der Waals surface area contributed by atoms with E-state index < -0.39 is 20.6 Å². The lowest BCUT2D eigenvalue weighted by Crippen LogP contribution is -2.46. The molecule has 2 aliphatic rings. The zero-order valence-electron chi connectivity index (χ0n) is 17.4. The minimum absolute atomic E-state index is 0.198. The summed E-state index contributed by atoms with van der Waals surface area (Å²) in [6.07, 6.45) is 9.37. The summed E-state index contributed by atoms with van der Waals surface area (Å²) in [4.78, 5) is 0. The van der Waals surface area contributed by atoms with Crippen molar-refractivity contribution in [2.45, 2.75) is 19.8 Å². The molecule has 2 saturated heterocycles. The summed E-state index contributed by atoms with van der Waals surface area (Å²) in [6.45, 7) is 6.70. The zero-order valence-corrected chi connectivity index (χ0v) is 19.2. The maximum absolute atomic E-state index is 12.8. The highest BCUT2D eigenvalue weighted by Crippen LogP contribution is 2.59. The molecule has 0 aromatic heterocycles. The number of aryl methyl sites for hydroxylation is 1. The van der Waals surface area contributed by atoms with Gasteiger partial charge >= 0.3 is 15.2 Å². The van der Waals surface area contributed by atoms with Gasteiger partial charge in [-0.3, -0.25) is 9.13 Å². The van der Waals surface area contributed by atoms with Crippen LogP contribution in [-0.4, -0.2) is 38.8 Å². The Hall–Kier alpha value is -1.26. The summed E-state index contributed by atoms with van der Waals surface area (Å²) in [7, 11) is -6.33. The molecule has 0 saturated carbocycles. The van der Waals surface area contributed by atoms with E-state index in [9.17, 15) is 9.13 Å². The Morgan fingerprint density at radius 1 is 0.967 bits per heavy atom. The van der Waals surface area contributed by atoms with E-state index in [1.165, 1.54) is 0 Å². The lowest BCUT2D eigenvalue weighted by molar-refractivity contribution is -0.0683. The van der Waals surface area contributed by atoms with Crippen molar-refractivity contribution in [3.8, 4) is 0 Å². The van der Waals surface area contributed by atoms with E-state index in [0.29, 0.717) is 19.0 Å². The topological polar surface area (TPSA) is 71.1 Å². The third-order valence-corrected chi connectivity index (χ3v) is 8.76. The van der Waals surface area contributed by atoms with E-state index in [1.807, 2.05) is 61.6 Å². The lowest BCUT2D eigenvalue weighted by atomic mass is 9.93. The van der Waals surface area contributed by atoms with Crippen LogP contribution in [0, 0.1) is 5.41 Å². The van der Waals surface area contributed by atoms with Crippen molar-refractivity contribution in [1.29, 1.82) is 0 Å². The van der Waals surface area contributed by atoms with Crippen molar-refractivity contribution in [1.82, 2.24) is 0 Å². The quantitative estimate of drug-likeness (QED) is 0.368. The normalized spacial score (nSPS) is 32.2. The molecule has 8 heteroatoms. The van der Waals surface area contributed by atoms with Crippen LogP contribution in [0.5, 0.6) is 0 Å². The molecule has 30 heavy (non-hydrogen) atoms. The second kappa shape index (κ2) is 10.4. The molecule has 2 aliphatic heterocycles. The van der Waals surface area contributed by atoms with Gasteiger partial charge < -0.3 is 18.1 Å². The maximum atomic E-state index is 12.8. The third kappa shape index (κ3) is 6.62. The molecule has 0 aliphatic carbocycles. The molecule has 0 bridgehead atoms. The van der Waals surface area contributed by atoms with Gasteiger partial charge in [0.1, 0.15) is 0 Å². The molecule has 6 nitrogen and oxygen atoms in total. The van der Waals surface area contributed by atoms with Crippen LogP contribution in [0.3, 0.4) is 0 Å². The average Bonchev–Trinajstić information content (AvgIpc) is 2.77. The molecule has 0 amide bonds. The monoisotopic (exact) mass is 452 g/mol. The van der Waals surface area contributed by atoms with E-state index in [1.54, 1.807) is 0 Å². The summed E-state index contributed by atoms with van der Waals surface area (Å²) < 4.78 is 48.2. The van der Waals surface area contributed by atoms with E-state index in [4.69, 9.17) is 18.1 Å². The zero-order chi connectivity index (χ0) is 21.5. The predicted molar refractivity (Wildman–Crippen MR) is 119 cm³/mol. The fourth-order valence-corrected chi connectivity index (χ4v) is 6.74. The molecule has 0 atom stereocenters. The number of allylic oxidation sites excluding steroid dienone is 5. The molecule has 0 N–H and O–H groups in total. The fraction of sp³-hybridized carbons (Fsp3) is 0.455. The number of hydrogen-bond donors (Lipinski definition) is 0. The number of hydrogen-bond acceptors (Lipinski definition) is 6. The SMILES string of the molecule is C=C(/C=C\C=C/C)CCP1(=O)OCC2(CO1)COP(=O)(CCc1ccccc1)OC2. The molecule has 0 unspecified atom stereocenters. The number of rotatable bonds is 8. The molecular formula is C22H30O6P2. The minimum Gasteiger partial charge on any atom is -0.308 e. The van der Waals surface area contributed by atoms with Crippen LogP contribution in [-0.2, 0) is 33.6 Å². The van der Waals surface area contributed by atoms with Crippen molar-refractivity contribution < 1.29 is 27.2 Å². The van der Waals surface area contributed by atoms with E-state index >= 15 is 0 Å². The van der Waals surface area contributed by atoms with E-state index in [-0.39, 0.29) is 32.6 Å². The largest absolute Gasteiger partial charge is 0.331 e. The van der Waals surface area contributed by atoms with Crippen LogP contribution in [0.1, 0.15) is 18.9 Å².